The minimum atomic E-state index is -0.137. The van der Waals surface area contributed by atoms with Crippen LogP contribution in [0.15, 0.2) is 36.9 Å². The predicted molar refractivity (Wildman–Crippen MR) is 87.0 cm³/mol. The summed E-state index contributed by atoms with van der Waals surface area (Å²) in [6.07, 6.45) is 7.76. The van der Waals surface area contributed by atoms with Crippen molar-refractivity contribution in [3.63, 3.8) is 0 Å². The van der Waals surface area contributed by atoms with Crippen molar-refractivity contribution in [2.45, 2.75) is 18.9 Å². The summed E-state index contributed by atoms with van der Waals surface area (Å²) in [6.45, 7) is 1.16. The van der Waals surface area contributed by atoms with Crippen LogP contribution in [0.25, 0.3) is 0 Å². The average molecular weight is 349 g/mol. The number of likely N-dealkylation sites (tertiary alicyclic amines) is 1. The Morgan fingerprint density at radius 2 is 2.17 bits per heavy atom. The molecule has 0 spiro atoms. The van der Waals surface area contributed by atoms with Crippen LogP contribution in [0.4, 0.5) is 0 Å². The van der Waals surface area contributed by atoms with Crippen molar-refractivity contribution in [1.82, 2.24) is 19.9 Å². The Morgan fingerprint density at radius 1 is 1.33 bits per heavy atom. The number of pyridine rings is 1. The van der Waals surface area contributed by atoms with Gasteiger partial charge in [-0.15, -0.1) is 0 Å². The average Bonchev–Trinajstić information content (AvgIpc) is 2.63. The number of nitrogens with zero attached hydrogens (tertiary/aromatic N) is 4. The van der Waals surface area contributed by atoms with E-state index in [1.807, 2.05) is 0 Å². The lowest BCUT2D eigenvalue weighted by Gasteiger charge is -2.32. The number of carbonyl (C=O) groups excluding carboxylic acids is 1. The quantitative estimate of drug-likeness (QED) is 0.822. The van der Waals surface area contributed by atoms with E-state index in [0.717, 1.165) is 12.8 Å². The number of aromatic nitrogens is 3. The third kappa shape index (κ3) is 4.55. The minimum absolute atomic E-state index is 0.0180. The SMILES string of the molecule is O=C(COc1cccnc1)N1CCCC(Oc2ncc(Cl)cn2)C1. The molecule has 3 heterocycles. The number of amides is 1. The van der Waals surface area contributed by atoms with Gasteiger partial charge in [-0.3, -0.25) is 9.78 Å². The highest BCUT2D eigenvalue weighted by Gasteiger charge is 2.25. The van der Waals surface area contributed by atoms with Crippen LogP contribution in [0.5, 0.6) is 11.8 Å². The number of carbonyl (C=O) groups is 1. The zero-order chi connectivity index (χ0) is 16.8. The summed E-state index contributed by atoms with van der Waals surface area (Å²) < 4.78 is 11.2. The first-order valence-electron chi connectivity index (χ1n) is 7.65. The Balaban J connectivity index is 1.51. The molecule has 1 saturated heterocycles. The lowest BCUT2D eigenvalue weighted by atomic mass is 10.1. The highest BCUT2D eigenvalue weighted by atomic mass is 35.5. The molecule has 2 aromatic heterocycles. The Labute approximate surface area is 144 Å². The number of hydrogen-bond donors (Lipinski definition) is 0. The van der Waals surface area contributed by atoms with Crippen LogP contribution >= 0.6 is 11.6 Å². The molecule has 2 aromatic rings. The molecule has 8 heteroatoms. The highest BCUT2D eigenvalue weighted by molar-refractivity contribution is 6.30. The molecule has 7 nitrogen and oxygen atoms in total. The fourth-order valence-corrected chi connectivity index (χ4v) is 2.54. The van der Waals surface area contributed by atoms with Gasteiger partial charge >= 0.3 is 6.01 Å². The first-order valence-corrected chi connectivity index (χ1v) is 8.03. The van der Waals surface area contributed by atoms with E-state index < -0.39 is 0 Å². The second-order valence-corrected chi connectivity index (χ2v) is 5.82. The summed E-state index contributed by atoms with van der Waals surface area (Å²) in [6, 6.07) is 3.79. The number of piperidine rings is 1. The molecule has 3 rings (SSSR count). The fourth-order valence-electron chi connectivity index (χ4n) is 2.44. The molecular weight excluding hydrogens is 332 g/mol. The Hall–Kier alpha value is -2.41. The second-order valence-electron chi connectivity index (χ2n) is 5.38. The van der Waals surface area contributed by atoms with Gasteiger partial charge in [-0.05, 0) is 25.0 Å². The van der Waals surface area contributed by atoms with Crippen molar-refractivity contribution in [2.75, 3.05) is 19.7 Å². The molecule has 1 fully saturated rings. The normalized spacial score (nSPS) is 17.4. The molecule has 1 aliphatic heterocycles. The van der Waals surface area contributed by atoms with Crippen LogP contribution in [0.1, 0.15) is 12.8 Å². The van der Waals surface area contributed by atoms with Crippen molar-refractivity contribution in [2.24, 2.45) is 0 Å². The molecule has 0 bridgehead atoms. The second kappa shape index (κ2) is 7.92. The van der Waals surface area contributed by atoms with E-state index >= 15 is 0 Å². The van der Waals surface area contributed by atoms with Crippen LogP contribution in [-0.4, -0.2) is 51.6 Å². The van der Waals surface area contributed by atoms with Crippen molar-refractivity contribution in [3.05, 3.63) is 41.9 Å². The molecule has 1 amide bonds. The molecule has 0 aliphatic carbocycles. The maximum Gasteiger partial charge on any atom is 0.316 e. The predicted octanol–water partition coefficient (Wildman–Crippen LogP) is 1.97. The van der Waals surface area contributed by atoms with Gasteiger partial charge in [0, 0.05) is 12.7 Å². The number of rotatable bonds is 5. The summed E-state index contributed by atoms with van der Waals surface area (Å²) in [5.74, 6) is 0.495. The van der Waals surface area contributed by atoms with E-state index in [4.69, 9.17) is 21.1 Å². The zero-order valence-electron chi connectivity index (χ0n) is 13.0. The van der Waals surface area contributed by atoms with Crippen LogP contribution in [0, 0.1) is 0 Å². The molecular formula is C16H17ClN4O3. The highest BCUT2D eigenvalue weighted by Crippen LogP contribution is 2.16. The van der Waals surface area contributed by atoms with E-state index in [1.54, 1.807) is 29.4 Å². The monoisotopic (exact) mass is 348 g/mol. The molecule has 0 N–H and O–H groups in total. The maximum atomic E-state index is 12.3. The molecule has 126 valence electrons. The van der Waals surface area contributed by atoms with E-state index in [9.17, 15) is 4.79 Å². The third-order valence-corrected chi connectivity index (χ3v) is 3.79. The van der Waals surface area contributed by atoms with Gasteiger partial charge < -0.3 is 14.4 Å². The van der Waals surface area contributed by atoms with Crippen LogP contribution < -0.4 is 9.47 Å². The lowest BCUT2D eigenvalue weighted by molar-refractivity contribution is -0.136. The molecule has 1 aliphatic rings. The van der Waals surface area contributed by atoms with Gasteiger partial charge in [-0.1, -0.05) is 11.6 Å². The van der Waals surface area contributed by atoms with Crippen LogP contribution in [-0.2, 0) is 4.79 Å². The summed E-state index contributed by atoms with van der Waals surface area (Å²) in [4.78, 5) is 26.0. The molecule has 0 aromatic carbocycles. The third-order valence-electron chi connectivity index (χ3n) is 3.60. The summed E-state index contributed by atoms with van der Waals surface area (Å²) >= 11 is 5.75. The maximum absolute atomic E-state index is 12.3. The van der Waals surface area contributed by atoms with Crippen LogP contribution in [0.2, 0.25) is 5.02 Å². The summed E-state index contributed by atoms with van der Waals surface area (Å²) in [7, 11) is 0. The van der Waals surface area contributed by atoms with Gasteiger partial charge in [0.2, 0.25) is 0 Å². The van der Waals surface area contributed by atoms with Gasteiger partial charge in [0.1, 0.15) is 11.9 Å². The van der Waals surface area contributed by atoms with Crippen molar-refractivity contribution in [3.8, 4) is 11.8 Å². The number of ether oxygens (including phenoxy) is 2. The Kier molecular flexibility index (Phi) is 5.43. The first-order chi connectivity index (χ1) is 11.7. The Bertz CT molecular complexity index is 669. The molecule has 1 atom stereocenters. The lowest BCUT2D eigenvalue weighted by Crippen LogP contribution is -2.46. The number of hydrogen-bond acceptors (Lipinski definition) is 6. The summed E-state index contributed by atoms with van der Waals surface area (Å²) in [5.41, 5.74) is 0. The fraction of sp³-hybridized carbons (Fsp3) is 0.375. The van der Waals surface area contributed by atoms with Gasteiger partial charge in [0.15, 0.2) is 6.61 Å². The standard InChI is InChI=1S/C16H17ClN4O3/c17-12-7-19-16(20-8-12)24-14-4-2-6-21(10-14)15(22)11-23-13-3-1-5-18-9-13/h1,3,5,7-9,14H,2,4,6,10-11H2. The first kappa shape index (κ1) is 16.4. The van der Waals surface area contributed by atoms with E-state index in [0.29, 0.717) is 23.9 Å². The van der Waals surface area contributed by atoms with Gasteiger partial charge in [0.05, 0.1) is 30.2 Å². The van der Waals surface area contributed by atoms with Gasteiger partial charge in [-0.2, -0.15) is 0 Å². The largest absolute Gasteiger partial charge is 0.482 e. The van der Waals surface area contributed by atoms with Gasteiger partial charge in [0.25, 0.3) is 5.91 Å². The van der Waals surface area contributed by atoms with Crippen molar-refractivity contribution < 1.29 is 14.3 Å². The minimum Gasteiger partial charge on any atom is -0.482 e. The Morgan fingerprint density at radius 3 is 2.92 bits per heavy atom. The van der Waals surface area contributed by atoms with Crippen molar-refractivity contribution >= 4 is 17.5 Å². The summed E-state index contributed by atoms with van der Waals surface area (Å²) in [5, 5.41) is 0.454. The smallest absolute Gasteiger partial charge is 0.316 e. The molecule has 1 unspecified atom stereocenters. The topological polar surface area (TPSA) is 77.4 Å². The number of halogens is 1. The molecule has 0 radical (unpaired) electrons. The van der Waals surface area contributed by atoms with E-state index in [-0.39, 0.29) is 24.6 Å². The van der Waals surface area contributed by atoms with Gasteiger partial charge in [-0.25, -0.2) is 9.97 Å². The molecule has 0 saturated carbocycles. The molecule has 24 heavy (non-hydrogen) atoms. The van der Waals surface area contributed by atoms with Crippen molar-refractivity contribution in [1.29, 1.82) is 0 Å². The van der Waals surface area contributed by atoms with E-state index in [1.165, 1.54) is 12.4 Å². The zero-order valence-corrected chi connectivity index (χ0v) is 13.7. The van der Waals surface area contributed by atoms with Crippen LogP contribution in [0.3, 0.4) is 0 Å². The van der Waals surface area contributed by atoms with E-state index in [2.05, 4.69) is 15.0 Å².